The number of ether oxygens (including phenoxy) is 1. The van der Waals surface area contributed by atoms with Gasteiger partial charge in [0.15, 0.2) is 14.3 Å². The highest BCUT2D eigenvalue weighted by molar-refractivity contribution is 7.50. The quantitative estimate of drug-likeness (QED) is 0.216. The fourth-order valence-electron chi connectivity index (χ4n) is 5.26. The van der Waals surface area contributed by atoms with E-state index in [4.69, 9.17) is 4.74 Å². The zero-order valence-corrected chi connectivity index (χ0v) is 19.6. The standard InChI is InChI=1S/C30H24O3S/c31-23-9-7-8-22(20-23)30(18-5-6-19-30)33-29(32)21-14-16-24(17-15-21)34-27-12-3-1-10-25(27)26-11-2-4-13-28(26)34/h1-4,7-17,20H,5-6,18-19H2/p+1. The fraction of sp³-hybridized carbons (Fsp3) is 0.167. The molecule has 0 unspecified atom stereocenters. The number of thiophene rings is 1. The molecule has 168 valence electrons. The van der Waals surface area contributed by atoms with Crippen molar-refractivity contribution in [3.63, 3.8) is 0 Å². The second-order valence-corrected chi connectivity index (χ2v) is 10.9. The molecule has 34 heavy (non-hydrogen) atoms. The van der Waals surface area contributed by atoms with E-state index in [1.807, 2.05) is 24.3 Å². The highest BCUT2D eigenvalue weighted by Gasteiger charge is 2.40. The second kappa shape index (κ2) is 8.30. The maximum Gasteiger partial charge on any atom is 0.339 e. The summed E-state index contributed by atoms with van der Waals surface area (Å²) in [6.07, 6.45) is 3.56. The molecule has 1 aromatic heterocycles. The third kappa shape index (κ3) is 3.46. The molecule has 0 saturated heterocycles. The first kappa shape index (κ1) is 20.9. The van der Waals surface area contributed by atoms with E-state index in [0.717, 1.165) is 31.2 Å². The van der Waals surface area contributed by atoms with E-state index in [9.17, 15) is 9.90 Å². The maximum absolute atomic E-state index is 13.2. The van der Waals surface area contributed by atoms with E-state index >= 15 is 0 Å². The Hall–Kier alpha value is -3.63. The first-order valence-electron chi connectivity index (χ1n) is 11.7. The van der Waals surface area contributed by atoms with Gasteiger partial charge in [0.05, 0.1) is 5.56 Å². The summed E-state index contributed by atoms with van der Waals surface area (Å²) in [5, 5.41) is 12.6. The second-order valence-electron chi connectivity index (χ2n) is 8.96. The minimum absolute atomic E-state index is 0.187. The Kier molecular flexibility index (Phi) is 5.11. The smallest absolute Gasteiger partial charge is 0.339 e. The molecule has 1 N–H and O–H groups in total. The molecule has 1 saturated carbocycles. The number of carbonyl (C=O) groups is 1. The zero-order chi connectivity index (χ0) is 23.1. The lowest BCUT2D eigenvalue weighted by atomic mass is 9.91. The molecule has 1 aliphatic rings. The SMILES string of the molecule is O=C(OC1(c2cccc(O)c2)CCCC1)c1ccc(-[s+]2c3ccccc3c3ccccc32)cc1. The van der Waals surface area contributed by atoms with Gasteiger partial charge in [-0.3, -0.25) is 0 Å². The predicted octanol–water partition coefficient (Wildman–Crippen LogP) is 8.06. The molecule has 0 amide bonds. The van der Waals surface area contributed by atoms with Crippen molar-refractivity contribution in [1.82, 2.24) is 0 Å². The number of phenolic OH excluding ortho intramolecular Hbond substituents is 1. The number of benzene rings is 4. The lowest BCUT2D eigenvalue weighted by molar-refractivity contribution is -0.0184. The van der Waals surface area contributed by atoms with Crippen LogP contribution in [-0.2, 0) is 10.3 Å². The molecule has 1 aliphatic carbocycles. The summed E-state index contributed by atoms with van der Waals surface area (Å²) in [4.78, 5) is 14.4. The lowest BCUT2D eigenvalue weighted by Crippen LogP contribution is -2.29. The number of fused-ring (bicyclic) bond motifs is 3. The summed E-state index contributed by atoms with van der Waals surface area (Å²) >= 11 is 0. The Bertz CT molecular complexity index is 1450. The fourth-order valence-corrected chi connectivity index (χ4v) is 7.63. The molecule has 0 aliphatic heterocycles. The Labute approximate surface area is 201 Å². The van der Waals surface area contributed by atoms with Gasteiger partial charge < -0.3 is 9.84 Å². The summed E-state index contributed by atoms with van der Waals surface area (Å²) in [5.41, 5.74) is 0.759. The molecular weight excluding hydrogens is 440 g/mol. The van der Waals surface area contributed by atoms with E-state index in [2.05, 4.69) is 60.7 Å². The van der Waals surface area contributed by atoms with Crippen LogP contribution in [0.2, 0.25) is 0 Å². The van der Waals surface area contributed by atoms with Crippen LogP contribution in [0.25, 0.3) is 25.1 Å². The third-order valence-electron chi connectivity index (χ3n) is 6.90. The van der Waals surface area contributed by atoms with Gasteiger partial charge in [-0.15, -0.1) is 0 Å². The van der Waals surface area contributed by atoms with E-state index < -0.39 is 5.60 Å². The van der Waals surface area contributed by atoms with E-state index in [1.165, 1.54) is 25.1 Å². The molecule has 4 heteroatoms. The largest absolute Gasteiger partial charge is 0.508 e. The van der Waals surface area contributed by atoms with Crippen LogP contribution in [0.1, 0.15) is 41.6 Å². The molecule has 0 bridgehead atoms. The summed E-state index contributed by atoms with van der Waals surface area (Å²) in [6, 6.07) is 32.2. The van der Waals surface area contributed by atoms with Crippen molar-refractivity contribution in [2.45, 2.75) is 31.3 Å². The number of hydrogen-bond acceptors (Lipinski definition) is 3. The Morgan fingerprint density at radius 2 is 1.38 bits per heavy atom. The first-order chi connectivity index (χ1) is 16.6. The zero-order valence-electron chi connectivity index (χ0n) is 18.7. The number of rotatable bonds is 4. The molecule has 1 fully saturated rings. The van der Waals surface area contributed by atoms with E-state index in [0.29, 0.717) is 5.56 Å². The Morgan fingerprint density at radius 1 is 0.765 bits per heavy atom. The number of phenols is 1. The van der Waals surface area contributed by atoms with Crippen molar-refractivity contribution in [1.29, 1.82) is 0 Å². The van der Waals surface area contributed by atoms with Crippen molar-refractivity contribution in [2.75, 3.05) is 0 Å². The van der Waals surface area contributed by atoms with Gasteiger partial charge in [-0.2, -0.15) is 0 Å². The van der Waals surface area contributed by atoms with Crippen LogP contribution < -0.4 is 0 Å². The van der Waals surface area contributed by atoms with Gasteiger partial charge in [-0.25, -0.2) is 4.79 Å². The maximum atomic E-state index is 13.2. The van der Waals surface area contributed by atoms with Crippen LogP contribution in [0.15, 0.2) is 97.1 Å². The van der Waals surface area contributed by atoms with Gasteiger partial charge in [0, 0.05) is 21.2 Å². The van der Waals surface area contributed by atoms with Crippen molar-refractivity contribution >= 4 is 36.6 Å². The van der Waals surface area contributed by atoms with Crippen LogP contribution in [-0.4, -0.2) is 11.1 Å². The van der Waals surface area contributed by atoms with Gasteiger partial charge in [-0.1, -0.05) is 36.4 Å². The van der Waals surface area contributed by atoms with Gasteiger partial charge in [0.1, 0.15) is 11.4 Å². The van der Waals surface area contributed by atoms with E-state index in [-0.39, 0.29) is 22.2 Å². The van der Waals surface area contributed by atoms with Crippen LogP contribution >= 0.6 is 10.5 Å². The average Bonchev–Trinajstić information content (AvgIpc) is 3.48. The van der Waals surface area contributed by atoms with Gasteiger partial charge in [-0.05, 0) is 91.9 Å². The highest BCUT2D eigenvalue weighted by Crippen LogP contribution is 2.48. The molecule has 4 aromatic carbocycles. The minimum atomic E-state index is -0.667. The molecular formula is C30H25O3S+. The number of esters is 1. The van der Waals surface area contributed by atoms with Crippen LogP contribution in [0, 0.1) is 0 Å². The molecule has 0 atom stereocenters. The Balaban J connectivity index is 1.34. The van der Waals surface area contributed by atoms with Gasteiger partial charge in [0.25, 0.3) is 0 Å². The summed E-state index contributed by atoms with van der Waals surface area (Å²) in [6.45, 7) is 0. The van der Waals surface area contributed by atoms with Gasteiger partial charge >= 0.3 is 5.97 Å². The monoisotopic (exact) mass is 465 g/mol. The van der Waals surface area contributed by atoms with E-state index in [1.54, 1.807) is 12.1 Å². The number of aromatic hydroxyl groups is 1. The normalized spacial score (nSPS) is 15.1. The van der Waals surface area contributed by atoms with Crippen LogP contribution in [0.4, 0.5) is 0 Å². The molecule has 1 heterocycles. The van der Waals surface area contributed by atoms with Crippen molar-refractivity contribution in [3.05, 3.63) is 108 Å². The van der Waals surface area contributed by atoms with Crippen molar-refractivity contribution in [3.8, 4) is 10.6 Å². The highest BCUT2D eigenvalue weighted by atomic mass is 32.2. The number of carbonyl (C=O) groups excluding carboxylic acids is 1. The van der Waals surface area contributed by atoms with Crippen LogP contribution in [0.5, 0.6) is 5.75 Å². The molecule has 3 nitrogen and oxygen atoms in total. The first-order valence-corrected chi connectivity index (χ1v) is 12.9. The summed E-state index contributed by atoms with van der Waals surface area (Å²) in [5.74, 6) is -0.116. The topological polar surface area (TPSA) is 46.5 Å². The molecule has 5 aromatic rings. The Morgan fingerprint density at radius 3 is 2.00 bits per heavy atom. The summed E-state index contributed by atoms with van der Waals surface area (Å²) < 4.78 is 8.81. The summed E-state index contributed by atoms with van der Waals surface area (Å²) in [7, 11) is -0.187. The van der Waals surface area contributed by atoms with Crippen molar-refractivity contribution in [2.24, 2.45) is 0 Å². The lowest BCUT2D eigenvalue weighted by Gasteiger charge is -2.29. The average molecular weight is 466 g/mol. The molecule has 6 rings (SSSR count). The number of hydrogen-bond donors (Lipinski definition) is 1. The molecule has 0 radical (unpaired) electrons. The molecule has 0 spiro atoms. The minimum Gasteiger partial charge on any atom is -0.508 e. The van der Waals surface area contributed by atoms with Gasteiger partial charge in [0.2, 0.25) is 0 Å². The van der Waals surface area contributed by atoms with Crippen LogP contribution in [0.3, 0.4) is 0 Å². The third-order valence-corrected chi connectivity index (χ3v) is 9.24. The van der Waals surface area contributed by atoms with Crippen molar-refractivity contribution < 1.29 is 14.6 Å². The predicted molar refractivity (Wildman–Crippen MR) is 139 cm³/mol.